The Morgan fingerprint density at radius 1 is 1.33 bits per heavy atom. The number of rotatable bonds is 5. The fourth-order valence-electron chi connectivity index (χ4n) is 1.83. The van der Waals surface area contributed by atoms with Crippen LogP contribution in [0.5, 0.6) is 0 Å². The molecule has 0 aliphatic heterocycles. The maximum atomic E-state index is 5.62. The summed E-state index contributed by atoms with van der Waals surface area (Å²) in [6.45, 7) is 4.83. The first kappa shape index (κ1) is 12.8. The predicted molar refractivity (Wildman–Crippen MR) is 71.2 cm³/mol. The summed E-state index contributed by atoms with van der Waals surface area (Å²) in [6, 6.07) is 8.02. The van der Waals surface area contributed by atoms with E-state index in [1.54, 1.807) is 0 Å². The van der Waals surface area contributed by atoms with Crippen molar-refractivity contribution < 1.29 is 4.52 Å². The Labute approximate surface area is 107 Å². The Morgan fingerprint density at radius 3 is 2.83 bits per heavy atom. The molecule has 0 spiro atoms. The third-order valence-corrected chi connectivity index (χ3v) is 3.16. The molecule has 2 N–H and O–H groups in total. The van der Waals surface area contributed by atoms with E-state index in [9.17, 15) is 0 Å². The van der Waals surface area contributed by atoms with Gasteiger partial charge in [-0.25, -0.2) is 0 Å². The number of hydrogen-bond acceptors (Lipinski definition) is 4. The lowest BCUT2D eigenvalue weighted by molar-refractivity contribution is 0.416. The van der Waals surface area contributed by atoms with Crippen molar-refractivity contribution in [3.05, 3.63) is 35.7 Å². The van der Waals surface area contributed by atoms with E-state index in [-0.39, 0.29) is 0 Å². The molecule has 0 aliphatic carbocycles. The lowest BCUT2D eigenvalue weighted by atomic mass is 10.0. The van der Waals surface area contributed by atoms with Crippen LogP contribution in [-0.4, -0.2) is 16.7 Å². The zero-order valence-corrected chi connectivity index (χ0v) is 10.9. The first-order valence-corrected chi connectivity index (χ1v) is 6.38. The van der Waals surface area contributed by atoms with E-state index >= 15 is 0 Å². The Morgan fingerprint density at radius 2 is 2.11 bits per heavy atom. The number of aromatic nitrogens is 2. The van der Waals surface area contributed by atoms with Gasteiger partial charge in [-0.1, -0.05) is 37.2 Å². The summed E-state index contributed by atoms with van der Waals surface area (Å²) >= 11 is 0. The van der Waals surface area contributed by atoms with E-state index in [4.69, 9.17) is 10.3 Å². The third kappa shape index (κ3) is 2.59. The second kappa shape index (κ2) is 5.78. The molecule has 2 aromatic rings. The molecule has 0 fully saturated rings. The third-order valence-electron chi connectivity index (χ3n) is 3.16. The molecule has 2 rings (SSSR count). The average Bonchev–Trinajstić information content (AvgIpc) is 2.88. The fourth-order valence-corrected chi connectivity index (χ4v) is 1.83. The summed E-state index contributed by atoms with van der Waals surface area (Å²) in [5, 5.41) is 4.05. The lowest BCUT2D eigenvalue weighted by Crippen LogP contribution is -2.04. The van der Waals surface area contributed by atoms with Crippen LogP contribution in [0.4, 0.5) is 0 Å². The second-order valence-corrected chi connectivity index (χ2v) is 4.46. The summed E-state index contributed by atoms with van der Waals surface area (Å²) in [6.07, 6.45) is 1.82. The summed E-state index contributed by atoms with van der Waals surface area (Å²) in [4.78, 5) is 4.48. The molecule has 4 nitrogen and oxygen atoms in total. The van der Waals surface area contributed by atoms with Gasteiger partial charge < -0.3 is 10.3 Å². The van der Waals surface area contributed by atoms with Gasteiger partial charge in [-0.05, 0) is 31.0 Å². The van der Waals surface area contributed by atoms with Gasteiger partial charge in [-0.3, -0.25) is 0 Å². The standard InChI is InChI=1S/C14H19N3O/c1-3-10(2)13-16-14(18-17-13)12-7-5-4-6-11(12)8-9-15/h4-7,10H,3,8-9,15H2,1-2H3. The van der Waals surface area contributed by atoms with Gasteiger partial charge in [-0.15, -0.1) is 0 Å². The minimum absolute atomic E-state index is 0.323. The molecule has 1 heterocycles. The number of hydrogen-bond donors (Lipinski definition) is 1. The van der Waals surface area contributed by atoms with Crippen LogP contribution < -0.4 is 5.73 Å². The highest BCUT2D eigenvalue weighted by molar-refractivity contribution is 5.58. The molecule has 1 aromatic heterocycles. The highest BCUT2D eigenvalue weighted by atomic mass is 16.5. The van der Waals surface area contributed by atoms with Crippen molar-refractivity contribution in [2.75, 3.05) is 6.54 Å². The predicted octanol–water partition coefficient (Wildman–Crippen LogP) is 2.75. The van der Waals surface area contributed by atoms with Gasteiger partial charge in [0.05, 0.1) is 0 Å². The first-order valence-electron chi connectivity index (χ1n) is 6.38. The second-order valence-electron chi connectivity index (χ2n) is 4.46. The summed E-state index contributed by atoms with van der Waals surface area (Å²) in [7, 11) is 0. The molecule has 18 heavy (non-hydrogen) atoms. The molecule has 0 radical (unpaired) electrons. The molecule has 4 heteroatoms. The van der Waals surface area contributed by atoms with E-state index in [0.29, 0.717) is 18.4 Å². The van der Waals surface area contributed by atoms with Gasteiger partial charge in [0.1, 0.15) is 0 Å². The van der Waals surface area contributed by atoms with E-state index in [1.807, 2.05) is 18.2 Å². The fraction of sp³-hybridized carbons (Fsp3) is 0.429. The summed E-state index contributed by atoms with van der Waals surface area (Å²) in [5.41, 5.74) is 7.76. The van der Waals surface area contributed by atoms with Crippen LogP contribution in [0.15, 0.2) is 28.8 Å². The number of nitrogens with two attached hydrogens (primary N) is 1. The van der Waals surface area contributed by atoms with E-state index in [2.05, 4.69) is 30.1 Å². The van der Waals surface area contributed by atoms with Crippen LogP contribution in [0.2, 0.25) is 0 Å². The van der Waals surface area contributed by atoms with Crippen molar-refractivity contribution in [2.45, 2.75) is 32.6 Å². The Kier molecular flexibility index (Phi) is 4.10. The van der Waals surface area contributed by atoms with Crippen LogP contribution in [-0.2, 0) is 6.42 Å². The molecule has 0 bridgehead atoms. The maximum Gasteiger partial charge on any atom is 0.258 e. The molecular weight excluding hydrogens is 226 g/mol. The average molecular weight is 245 g/mol. The van der Waals surface area contributed by atoms with Gasteiger partial charge >= 0.3 is 0 Å². The number of benzene rings is 1. The smallest absolute Gasteiger partial charge is 0.258 e. The Bertz CT molecular complexity index is 507. The summed E-state index contributed by atoms with van der Waals surface area (Å²) in [5.74, 6) is 1.69. The molecule has 0 amide bonds. The van der Waals surface area contributed by atoms with Crippen LogP contribution in [0, 0.1) is 0 Å². The van der Waals surface area contributed by atoms with Crippen LogP contribution >= 0.6 is 0 Å². The zero-order chi connectivity index (χ0) is 13.0. The van der Waals surface area contributed by atoms with Gasteiger partial charge in [0.25, 0.3) is 5.89 Å². The summed E-state index contributed by atoms with van der Waals surface area (Å²) < 4.78 is 5.36. The van der Waals surface area contributed by atoms with E-state index in [0.717, 1.165) is 29.8 Å². The molecule has 1 aromatic carbocycles. The molecular formula is C14H19N3O. The molecule has 0 saturated carbocycles. The van der Waals surface area contributed by atoms with Crippen molar-refractivity contribution in [3.8, 4) is 11.5 Å². The first-order chi connectivity index (χ1) is 8.76. The zero-order valence-electron chi connectivity index (χ0n) is 10.9. The molecule has 1 atom stereocenters. The van der Waals surface area contributed by atoms with Crippen molar-refractivity contribution in [2.24, 2.45) is 5.73 Å². The van der Waals surface area contributed by atoms with E-state index < -0.39 is 0 Å². The normalized spacial score (nSPS) is 12.6. The Balaban J connectivity index is 2.33. The molecule has 96 valence electrons. The highest BCUT2D eigenvalue weighted by Gasteiger charge is 2.15. The Hall–Kier alpha value is -1.68. The van der Waals surface area contributed by atoms with Crippen LogP contribution in [0.25, 0.3) is 11.5 Å². The minimum atomic E-state index is 0.323. The largest absolute Gasteiger partial charge is 0.334 e. The van der Waals surface area contributed by atoms with Gasteiger partial charge in [0.15, 0.2) is 5.82 Å². The lowest BCUT2D eigenvalue weighted by Gasteiger charge is -2.03. The van der Waals surface area contributed by atoms with E-state index in [1.165, 1.54) is 0 Å². The molecule has 0 aliphatic rings. The number of nitrogens with zero attached hydrogens (tertiary/aromatic N) is 2. The molecule has 1 unspecified atom stereocenters. The molecule has 0 saturated heterocycles. The van der Waals surface area contributed by atoms with Gasteiger partial charge in [-0.2, -0.15) is 4.98 Å². The maximum absolute atomic E-state index is 5.62. The highest BCUT2D eigenvalue weighted by Crippen LogP contribution is 2.24. The van der Waals surface area contributed by atoms with Crippen molar-refractivity contribution >= 4 is 0 Å². The van der Waals surface area contributed by atoms with Crippen molar-refractivity contribution in [1.82, 2.24) is 10.1 Å². The van der Waals surface area contributed by atoms with Gasteiger partial charge in [0, 0.05) is 11.5 Å². The minimum Gasteiger partial charge on any atom is -0.334 e. The topological polar surface area (TPSA) is 64.9 Å². The SMILES string of the molecule is CCC(C)c1noc(-c2ccccc2CCN)n1. The quantitative estimate of drug-likeness (QED) is 0.879. The van der Waals surface area contributed by atoms with Crippen LogP contribution in [0.3, 0.4) is 0 Å². The van der Waals surface area contributed by atoms with Crippen molar-refractivity contribution in [1.29, 1.82) is 0 Å². The van der Waals surface area contributed by atoms with Crippen LogP contribution in [0.1, 0.15) is 37.6 Å². The van der Waals surface area contributed by atoms with Crippen molar-refractivity contribution in [3.63, 3.8) is 0 Å². The monoisotopic (exact) mass is 245 g/mol. The van der Waals surface area contributed by atoms with Gasteiger partial charge in [0.2, 0.25) is 0 Å².